The van der Waals surface area contributed by atoms with E-state index in [2.05, 4.69) is 0 Å². The van der Waals surface area contributed by atoms with Crippen molar-refractivity contribution < 1.29 is 9.59 Å². The SMILES string of the molecule is N#CC(Cl)CN1CC(=O)N2CCCC2C1=O. The Balaban J connectivity index is 2.09. The van der Waals surface area contributed by atoms with Crippen LogP contribution in [0.4, 0.5) is 0 Å². The van der Waals surface area contributed by atoms with E-state index < -0.39 is 5.38 Å². The number of amides is 2. The molecule has 0 radical (unpaired) electrons. The Morgan fingerprint density at radius 3 is 3.00 bits per heavy atom. The third kappa shape index (κ3) is 1.85. The number of carbonyl (C=O) groups is 2. The smallest absolute Gasteiger partial charge is 0.245 e. The maximum Gasteiger partial charge on any atom is 0.245 e. The normalized spacial score (nSPS) is 26.6. The molecule has 6 heteroatoms. The van der Waals surface area contributed by atoms with E-state index in [0.717, 1.165) is 12.8 Å². The first-order chi connectivity index (χ1) is 7.63. The summed E-state index contributed by atoms with van der Waals surface area (Å²) in [6.45, 7) is 0.860. The highest BCUT2D eigenvalue weighted by molar-refractivity contribution is 6.22. The van der Waals surface area contributed by atoms with Gasteiger partial charge in [0.1, 0.15) is 11.4 Å². The van der Waals surface area contributed by atoms with E-state index in [-0.39, 0.29) is 30.9 Å². The molecule has 0 aromatic heterocycles. The van der Waals surface area contributed by atoms with Gasteiger partial charge < -0.3 is 9.80 Å². The summed E-state index contributed by atoms with van der Waals surface area (Å²) in [5.74, 6) is -0.109. The number of rotatable bonds is 2. The van der Waals surface area contributed by atoms with Crippen LogP contribution in [0.2, 0.25) is 0 Å². The molecule has 2 amide bonds. The van der Waals surface area contributed by atoms with Crippen molar-refractivity contribution in [1.29, 1.82) is 5.26 Å². The van der Waals surface area contributed by atoms with Crippen LogP contribution in [-0.2, 0) is 9.59 Å². The van der Waals surface area contributed by atoms with Crippen molar-refractivity contribution in [3.8, 4) is 6.07 Å². The molecule has 0 aliphatic carbocycles. The van der Waals surface area contributed by atoms with Crippen LogP contribution in [0.3, 0.4) is 0 Å². The minimum Gasteiger partial charge on any atom is -0.329 e. The van der Waals surface area contributed by atoms with Crippen molar-refractivity contribution in [3.63, 3.8) is 0 Å². The quantitative estimate of drug-likeness (QED) is 0.637. The zero-order valence-electron chi connectivity index (χ0n) is 8.73. The second-order valence-corrected chi connectivity index (χ2v) is 4.59. The van der Waals surface area contributed by atoms with Crippen LogP contribution in [0.5, 0.6) is 0 Å². The van der Waals surface area contributed by atoms with Crippen molar-refractivity contribution in [2.24, 2.45) is 0 Å². The average molecular weight is 242 g/mol. The average Bonchev–Trinajstić information content (AvgIpc) is 2.74. The van der Waals surface area contributed by atoms with Crippen LogP contribution >= 0.6 is 11.6 Å². The third-order valence-corrected chi connectivity index (χ3v) is 3.25. The van der Waals surface area contributed by atoms with E-state index in [1.807, 2.05) is 6.07 Å². The Labute approximate surface area is 98.6 Å². The van der Waals surface area contributed by atoms with Gasteiger partial charge in [-0.3, -0.25) is 9.59 Å². The number of nitrogens with zero attached hydrogens (tertiary/aromatic N) is 3. The summed E-state index contributed by atoms with van der Waals surface area (Å²) in [5, 5.41) is 7.84. The second kappa shape index (κ2) is 4.30. The highest BCUT2D eigenvalue weighted by Crippen LogP contribution is 2.23. The molecule has 5 nitrogen and oxygen atoms in total. The van der Waals surface area contributed by atoms with E-state index in [9.17, 15) is 9.59 Å². The molecule has 2 rings (SSSR count). The van der Waals surface area contributed by atoms with Gasteiger partial charge in [-0.25, -0.2) is 0 Å². The third-order valence-electron chi connectivity index (χ3n) is 3.02. The Bertz CT molecular complexity index is 366. The van der Waals surface area contributed by atoms with Crippen LogP contribution in [0.25, 0.3) is 0 Å². The van der Waals surface area contributed by atoms with Crippen molar-refractivity contribution in [3.05, 3.63) is 0 Å². The van der Waals surface area contributed by atoms with Gasteiger partial charge >= 0.3 is 0 Å². The summed E-state index contributed by atoms with van der Waals surface area (Å²) in [6, 6.07) is 1.54. The van der Waals surface area contributed by atoms with Crippen LogP contribution in [0, 0.1) is 11.3 Å². The molecule has 2 fully saturated rings. The number of alkyl halides is 1. The summed E-state index contributed by atoms with van der Waals surface area (Å²) in [7, 11) is 0. The van der Waals surface area contributed by atoms with Crippen LogP contribution in [0.15, 0.2) is 0 Å². The molecule has 2 unspecified atom stereocenters. The highest BCUT2D eigenvalue weighted by Gasteiger charge is 2.42. The Hall–Kier alpha value is -1.28. The molecule has 0 aromatic rings. The van der Waals surface area contributed by atoms with Crippen molar-refractivity contribution in [1.82, 2.24) is 9.80 Å². The lowest BCUT2D eigenvalue weighted by atomic mass is 10.1. The first-order valence-electron chi connectivity index (χ1n) is 5.25. The summed E-state index contributed by atoms with van der Waals surface area (Å²) in [6.07, 6.45) is 1.60. The zero-order valence-corrected chi connectivity index (χ0v) is 9.48. The fourth-order valence-electron chi connectivity index (χ4n) is 2.25. The van der Waals surface area contributed by atoms with Gasteiger partial charge in [-0.15, -0.1) is 11.6 Å². The van der Waals surface area contributed by atoms with Gasteiger partial charge in [0, 0.05) is 6.54 Å². The number of carbonyl (C=O) groups excluding carboxylic acids is 2. The number of nitriles is 1. The minimum atomic E-state index is -0.746. The highest BCUT2D eigenvalue weighted by atomic mass is 35.5. The molecule has 2 aliphatic heterocycles. The number of piperazine rings is 1. The molecule has 2 atom stereocenters. The van der Waals surface area contributed by atoms with E-state index in [0.29, 0.717) is 6.54 Å². The molecule has 2 heterocycles. The van der Waals surface area contributed by atoms with Crippen molar-refractivity contribution >= 4 is 23.4 Å². The number of hydrogen-bond acceptors (Lipinski definition) is 3. The lowest BCUT2D eigenvalue weighted by Crippen LogP contribution is -2.58. The van der Waals surface area contributed by atoms with E-state index in [1.165, 1.54) is 4.90 Å². The van der Waals surface area contributed by atoms with Crippen LogP contribution in [-0.4, -0.2) is 52.7 Å². The molecule has 2 aliphatic rings. The molecule has 0 aromatic carbocycles. The maximum atomic E-state index is 12.0. The Kier molecular flexibility index (Phi) is 3.01. The molecule has 2 saturated heterocycles. The van der Waals surface area contributed by atoms with E-state index >= 15 is 0 Å². The van der Waals surface area contributed by atoms with Gasteiger partial charge in [0.2, 0.25) is 11.8 Å². The van der Waals surface area contributed by atoms with Crippen LogP contribution in [0.1, 0.15) is 12.8 Å². The molecule has 0 saturated carbocycles. The topological polar surface area (TPSA) is 64.4 Å². The van der Waals surface area contributed by atoms with Gasteiger partial charge in [-0.2, -0.15) is 5.26 Å². The number of halogens is 1. The summed E-state index contributed by atoms with van der Waals surface area (Å²) in [4.78, 5) is 26.7. The second-order valence-electron chi connectivity index (χ2n) is 4.06. The van der Waals surface area contributed by atoms with Crippen molar-refractivity contribution in [2.75, 3.05) is 19.6 Å². The van der Waals surface area contributed by atoms with Gasteiger partial charge in [0.25, 0.3) is 0 Å². The molecule has 86 valence electrons. The van der Waals surface area contributed by atoms with Gasteiger partial charge in [-0.05, 0) is 12.8 Å². The lowest BCUT2D eigenvalue weighted by Gasteiger charge is -2.36. The minimum absolute atomic E-state index is 0.0380. The Morgan fingerprint density at radius 2 is 2.31 bits per heavy atom. The largest absolute Gasteiger partial charge is 0.329 e. The van der Waals surface area contributed by atoms with Crippen molar-refractivity contribution in [2.45, 2.75) is 24.3 Å². The molecule has 0 bridgehead atoms. The van der Waals surface area contributed by atoms with Gasteiger partial charge in [0.15, 0.2) is 0 Å². The summed E-state index contributed by atoms with van der Waals surface area (Å²) in [5.41, 5.74) is 0. The fraction of sp³-hybridized carbons (Fsp3) is 0.700. The summed E-state index contributed by atoms with van der Waals surface area (Å²) >= 11 is 5.67. The molecule has 0 spiro atoms. The molecular weight excluding hydrogens is 230 g/mol. The van der Waals surface area contributed by atoms with Gasteiger partial charge in [-0.1, -0.05) is 0 Å². The first-order valence-corrected chi connectivity index (χ1v) is 5.69. The predicted molar refractivity (Wildman–Crippen MR) is 56.6 cm³/mol. The number of hydrogen-bond donors (Lipinski definition) is 0. The molecular formula is C10H12ClN3O2. The van der Waals surface area contributed by atoms with Gasteiger partial charge in [0.05, 0.1) is 19.2 Å². The van der Waals surface area contributed by atoms with E-state index in [4.69, 9.17) is 16.9 Å². The van der Waals surface area contributed by atoms with E-state index in [1.54, 1.807) is 4.90 Å². The maximum absolute atomic E-state index is 12.0. The van der Waals surface area contributed by atoms with Crippen LogP contribution < -0.4 is 0 Å². The monoisotopic (exact) mass is 241 g/mol. The fourth-order valence-corrected chi connectivity index (χ4v) is 2.42. The zero-order chi connectivity index (χ0) is 11.7. The Morgan fingerprint density at radius 1 is 1.56 bits per heavy atom. The standard InChI is InChI=1S/C10H12ClN3O2/c11-7(4-12)5-13-6-9(15)14-3-1-2-8(14)10(13)16/h7-8H,1-3,5-6H2. The first kappa shape index (κ1) is 11.2. The molecule has 0 N–H and O–H groups in total. The lowest BCUT2D eigenvalue weighted by molar-refractivity contribution is -0.153. The molecule has 16 heavy (non-hydrogen) atoms. The summed E-state index contributed by atoms with van der Waals surface area (Å²) < 4.78 is 0. The number of fused-ring (bicyclic) bond motifs is 1. The predicted octanol–water partition coefficient (Wildman–Crippen LogP) is -0.0494.